The van der Waals surface area contributed by atoms with Gasteiger partial charge in [0.1, 0.15) is 0 Å². The van der Waals surface area contributed by atoms with E-state index < -0.39 is 10.0 Å². The van der Waals surface area contributed by atoms with E-state index in [1.54, 1.807) is 30.3 Å². The van der Waals surface area contributed by atoms with Crippen molar-refractivity contribution in [2.45, 2.75) is 37.9 Å². The lowest BCUT2D eigenvalue weighted by Gasteiger charge is -2.19. The van der Waals surface area contributed by atoms with Gasteiger partial charge in [-0.25, -0.2) is 8.42 Å². The Bertz CT molecular complexity index is 1240. The van der Waals surface area contributed by atoms with Crippen molar-refractivity contribution in [3.63, 3.8) is 0 Å². The molecule has 0 radical (unpaired) electrons. The summed E-state index contributed by atoms with van der Waals surface area (Å²) in [4.78, 5) is 12.7. The Morgan fingerprint density at radius 3 is 2.27 bits per heavy atom. The third-order valence-electron chi connectivity index (χ3n) is 4.88. The minimum atomic E-state index is -3.36. The predicted octanol–water partition coefficient (Wildman–Crippen LogP) is 4.78. The summed E-state index contributed by atoms with van der Waals surface area (Å²) in [6.45, 7) is 10.9. The molecular formula is C24H28N4O3S2. The van der Waals surface area contributed by atoms with Crippen LogP contribution >= 0.6 is 11.8 Å². The molecule has 0 saturated heterocycles. The van der Waals surface area contributed by atoms with Crippen LogP contribution in [0.25, 0.3) is 11.4 Å². The summed E-state index contributed by atoms with van der Waals surface area (Å²) in [5, 5.41) is 9.30. The molecule has 0 aliphatic carbocycles. The normalized spacial score (nSPS) is 11.9. The van der Waals surface area contributed by atoms with E-state index in [0.717, 1.165) is 17.6 Å². The van der Waals surface area contributed by atoms with Crippen molar-refractivity contribution >= 4 is 33.3 Å². The van der Waals surface area contributed by atoms with Gasteiger partial charge in [0.25, 0.3) is 0 Å². The number of anilines is 1. The number of Topliss-reactive ketones (excluding diaryl/α,β-unsaturated/α-hetero) is 1. The lowest BCUT2D eigenvalue weighted by atomic mass is 9.87. The van der Waals surface area contributed by atoms with Gasteiger partial charge in [-0.15, -0.1) is 16.8 Å². The molecule has 0 bridgehead atoms. The molecule has 0 unspecified atom stereocenters. The van der Waals surface area contributed by atoms with Crippen LogP contribution in [0.1, 0.15) is 36.7 Å². The summed E-state index contributed by atoms with van der Waals surface area (Å²) < 4.78 is 27.0. The van der Waals surface area contributed by atoms with Gasteiger partial charge in [-0.2, -0.15) is 0 Å². The number of carbonyl (C=O) groups excluding carboxylic acids is 1. The number of nitrogens with zero attached hydrogens (tertiary/aromatic N) is 3. The van der Waals surface area contributed by atoms with Crippen LogP contribution in [0.2, 0.25) is 0 Å². The summed E-state index contributed by atoms with van der Waals surface area (Å²) in [7, 11) is -3.36. The molecular weight excluding hydrogens is 456 g/mol. The second kappa shape index (κ2) is 9.93. The minimum absolute atomic E-state index is 0.0632. The molecule has 1 heterocycles. The zero-order chi connectivity index (χ0) is 24.2. The van der Waals surface area contributed by atoms with E-state index in [1.165, 1.54) is 17.3 Å². The molecule has 0 spiro atoms. The van der Waals surface area contributed by atoms with Crippen LogP contribution < -0.4 is 4.72 Å². The number of hydrogen-bond acceptors (Lipinski definition) is 6. The van der Waals surface area contributed by atoms with Crippen molar-refractivity contribution < 1.29 is 13.2 Å². The Kier molecular flexibility index (Phi) is 7.44. The van der Waals surface area contributed by atoms with E-state index in [4.69, 9.17) is 0 Å². The van der Waals surface area contributed by atoms with E-state index in [-0.39, 0.29) is 17.0 Å². The van der Waals surface area contributed by atoms with Gasteiger partial charge in [-0.3, -0.25) is 14.1 Å². The SMILES string of the molecule is C=CCn1c(SCC(=O)c2ccc(NS(C)(=O)=O)cc2)nnc1-c1ccc(C(C)(C)C)cc1. The highest BCUT2D eigenvalue weighted by molar-refractivity contribution is 7.99. The van der Waals surface area contributed by atoms with Crippen LogP contribution in [0.3, 0.4) is 0 Å². The Labute approximate surface area is 199 Å². The fourth-order valence-corrected chi connectivity index (χ4v) is 4.58. The number of ketones is 1. The first-order valence-electron chi connectivity index (χ1n) is 10.4. The molecule has 0 amide bonds. The van der Waals surface area contributed by atoms with Gasteiger partial charge in [0.05, 0.1) is 12.0 Å². The smallest absolute Gasteiger partial charge is 0.229 e. The molecule has 0 aliphatic heterocycles. The average molecular weight is 485 g/mol. The Balaban J connectivity index is 1.74. The summed E-state index contributed by atoms with van der Waals surface area (Å²) in [6, 6.07) is 14.6. The topological polar surface area (TPSA) is 94.0 Å². The Hall–Kier alpha value is -2.91. The van der Waals surface area contributed by atoms with Crippen molar-refractivity contribution in [3.05, 3.63) is 72.3 Å². The highest BCUT2D eigenvalue weighted by Gasteiger charge is 2.18. The lowest BCUT2D eigenvalue weighted by molar-refractivity contribution is 0.102. The highest BCUT2D eigenvalue weighted by atomic mass is 32.2. The second-order valence-corrected chi connectivity index (χ2v) is 11.4. The summed E-state index contributed by atoms with van der Waals surface area (Å²) in [5.74, 6) is 0.813. The molecule has 0 aliphatic rings. The molecule has 0 saturated carbocycles. The maximum absolute atomic E-state index is 12.7. The second-order valence-electron chi connectivity index (χ2n) is 8.70. The third kappa shape index (κ3) is 6.55. The predicted molar refractivity (Wildman–Crippen MR) is 134 cm³/mol. The summed E-state index contributed by atoms with van der Waals surface area (Å²) in [6.07, 6.45) is 2.85. The minimum Gasteiger partial charge on any atom is -0.298 e. The van der Waals surface area contributed by atoms with Crippen LogP contribution in [0, 0.1) is 0 Å². The van der Waals surface area contributed by atoms with Crippen LogP contribution in [0.5, 0.6) is 0 Å². The first-order valence-corrected chi connectivity index (χ1v) is 13.2. The zero-order valence-corrected chi connectivity index (χ0v) is 20.8. The maximum Gasteiger partial charge on any atom is 0.229 e. The van der Waals surface area contributed by atoms with Crippen LogP contribution in [-0.4, -0.2) is 41.0 Å². The Morgan fingerprint density at radius 2 is 1.73 bits per heavy atom. The number of sulfonamides is 1. The molecule has 174 valence electrons. The van der Waals surface area contributed by atoms with E-state index in [1.807, 2.05) is 16.7 Å². The summed E-state index contributed by atoms with van der Waals surface area (Å²) in [5.41, 5.74) is 3.15. The van der Waals surface area contributed by atoms with Gasteiger partial charge in [0.2, 0.25) is 10.0 Å². The first-order chi connectivity index (χ1) is 15.5. The van der Waals surface area contributed by atoms with Gasteiger partial charge < -0.3 is 0 Å². The lowest BCUT2D eigenvalue weighted by Crippen LogP contribution is -2.10. The number of aromatic nitrogens is 3. The van der Waals surface area contributed by atoms with E-state index in [9.17, 15) is 13.2 Å². The van der Waals surface area contributed by atoms with Crippen LogP contribution in [-0.2, 0) is 22.0 Å². The van der Waals surface area contributed by atoms with Crippen molar-refractivity contribution in [1.82, 2.24) is 14.8 Å². The van der Waals surface area contributed by atoms with Crippen LogP contribution in [0.15, 0.2) is 66.3 Å². The average Bonchev–Trinajstić information content (AvgIpc) is 3.14. The number of benzene rings is 2. The highest BCUT2D eigenvalue weighted by Crippen LogP contribution is 2.28. The number of allylic oxidation sites excluding steroid dienone is 1. The number of hydrogen-bond donors (Lipinski definition) is 1. The van der Waals surface area contributed by atoms with Crippen LogP contribution in [0.4, 0.5) is 5.69 Å². The van der Waals surface area contributed by atoms with Crippen molar-refractivity contribution in [1.29, 1.82) is 0 Å². The molecule has 3 rings (SSSR count). The molecule has 3 aromatic rings. The van der Waals surface area contributed by atoms with Gasteiger partial charge >= 0.3 is 0 Å². The molecule has 0 fully saturated rings. The van der Waals surface area contributed by atoms with E-state index in [2.05, 4.69) is 54.4 Å². The molecule has 2 aromatic carbocycles. The molecule has 0 atom stereocenters. The quantitative estimate of drug-likeness (QED) is 0.267. The molecule has 7 nitrogen and oxygen atoms in total. The van der Waals surface area contributed by atoms with Crippen molar-refractivity contribution in [2.75, 3.05) is 16.7 Å². The van der Waals surface area contributed by atoms with Crippen molar-refractivity contribution in [3.8, 4) is 11.4 Å². The number of carbonyl (C=O) groups is 1. The molecule has 1 aromatic heterocycles. The third-order valence-corrected chi connectivity index (χ3v) is 6.45. The summed E-state index contributed by atoms with van der Waals surface area (Å²) >= 11 is 1.31. The zero-order valence-electron chi connectivity index (χ0n) is 19.2. The fraction of sp³-hybridized carbons (Fsp3) is 0.292. The largest absolute Gasteiger partial charge is 0.298 e. The van der Waals surface area contributed by atoms with Gasteiger partial charge in [-0.05, 0) is 35.2 Å². The van der Waals surface area contributed by atoms with E-state index in [0.29, 0.717) is 23.0 Å². The maximum atomic E-state index is 12.7. The standard InChI is InChI=1S/C24H28N4O3S2/c1-6-15-28-22(18-7-11-19(12-8-18)24(2,3)4)25-26-23(28)32-16-21(29)17-9-13-20(14-10-17)27-33(5,30)31/h6-14,27H,1,15-16H2,2-5H3. The van der Waals surface area contributed by atoms with Gasteiger partial charge in [0, 0.05) is 23.4 Å². The number of thioether (sulfide) groups is 1. The molecule has 1 N–H and O–H groups in total. The number of nitrogens with one attached hydrogen (secondary N) is 1. The van der Waals surface area contributed by atoms with Gasteiger partial charge in [-0.1, -0.05) is 62.9 Å². The van der Waals surface area contributed by atoms with E-state index >= 15 is 0 Å². The Morgan fingerprint density at radius 1 is 1.09 bits per heavy atom. The van der Waals surface area contributed by atoms with Gasteiger partial charge in [0.15, 0.2) is 16.8 Å². The van der Waals surface area contributed by atoms with Crippen molar-refractivity contribution in [2.24, 2.45) is 0 Å². The fourth-order valence-electron chi connectivity index (χ4n) is 3.17. The molecule has 9 heteroatoms. The molecule has 33 heavy (non-hydrogen) atoms. The monoisotopic (exact) mass is 484 g/mol. The number of rotatable bonds is 9. The first kappa shape index (κ1) is 24.7.